The minimum absolute atomic E-state index is 0.135. The molecule has 1 saturated carbocycles. The minimum Gasteiger partial charge on any atom is -0.457 e. The summed E-state index contributed by atoms with van der Waals surface area (Å²) in [5.74, 6) is 1.76. The number of amides is 1. The van der Waals surface area contributed by atoms with Crippen LogP contribution in [0.3, 0.4) is 0 Å². The Morgan fingerprint density at radius 2 is 1.47 bits per heavy atom. The highest BCUT2D eigenvalue weighted by Crippen LogP contribution is 2.29. The number of hydrogen-bond acceptors (Lipinski definition) is 5. The van der Waals surface area contributed by atoms with Crippen molar-refractivity contribution < 1.29 is 17.9 Å². The number of rotatable bonds is 11. The average molecular weight is 525 g/mol. The van der Waals surface area contributed by atoms with Crippen molar-refractivity contribution in [2.45, 2.75) is 42.2 Å². The van der Waals surface area contributed by atoms with Gasteiger partial charge < -0.3 is 10.1 Å². The van der Waals surface area contributed by atoms with Crippen molar-refractivity contribution in [3.05, 3.63) is 84.9 Å². The Morgan fingerprint density at radius 3 is 2.14 bits per heavy atom. The van der Waals surface area contributed by atoms with Crippen LogP contribution in [-0.2, 0) is 14.8 Å². The number of anilines is 1. The first-order chi connectivity index (χ1) is 17.5. The molecule has 1 amide bonds. The van der Waals surface area contributed by atoms with Crippen molar-refractivity contribution in [2.75, 3.05) is 23.1 Å². The summed E-state index contributed by atoms with van der Waals surface area (Å²) in [5.41, 5.74) is 0.394. The summed E-state index contributed by atoms with van der Waals surface area (Å²) in [6.45, 7) is 0.216. The van der Waals surface area contributed by atoms with Gasteiger partial charge in [-0.1, -0.05) is 55.7 Å². The van der Waals surface area contributed by atoms with E-state index in [4.69, 9.17) is 4.74 Å². The first kappa shape index (κ1) is 26.1. The number of nitrogens with zero attached hydrogens (tertiary/aromatic N) is 1. The molecule has 1 N–H and O–H groups in total. The molecule has 8 heteroatoms. The monoisotopic (exact) mass is 524 g/mol. The largest absolute Gasteiger partial charge is 0.457 e. The summed E-state index contributed by atoms with van der Waals surface area (Å²) >= 11 is 1.90. The van der Waals surface area contributed by atoms with E-state index in [0.717, 1.165) is 10.1 Å². The van der Waals surface area contributed by atoms with Crippen LogP contribution in [0.4, 0.5) is 5.69 Å². The lowest BCUT2D eigenvalue weighted by Crippen LogP contribution is -2.41. The number of benzene rings is 3. The van der Waals surface area contributed by atoms with Crippen LogP contribution in [0.2, 0.25) is 0 Å². The van der Waals surface area contributed by atoms with Gasteiger partial charge in [0.05, 0.1) is 10.6 Å². The van der Waals surface area contributed by atoms with Gasteiger partial charge in [-0.05, 0) is 61.4 Å². The predicted octanol–water partition coefficient (Wildman–Crippen LogP) is 5.86. The van der Waals surface area contributed by atoms with Gasteiger partial charge in [0.1, 0.15) is 18.0 Å². The second-order valence-electron chi connectivity index (χ2n) is 8.71. The van der Waals surface area contributed by atoms with Crippen LogP contribution in [-0.4, -0.2) is 38.4 Å². The molecule has 0 saturated heterocycles. The summed E-state index contributed by atoms with van der Waals surface area (Å²) in [6.07, 6.45) is 6.37. The molecule has 1 fully saturated rings. The van der Waals surface area contributed by atoms with E-state index < -0.39 is 10.0 Å². The molecule has 0 heterocycles. The van der Waals surface area contributed by atoms with Crippen LogP contribution >= 0.6 is 11.8 Å². The highest BCUT2D eigenvalue weighted by atomic mass is 32.2. The van der Waals surface area contributed by atoms with Crippen molar-refractivity contribution >= 4 is 33.4 Å². The first-order valence-electron chi connectivity index (χ1n) is 12.3. The van der Waals surface area contributed by atoms with E-state index in [9.17, 15) is 13.2 Å². The predicted molar refractivity (Wildman–Crippen MR) is 146 cm³/mol. The van der Waals surface area contributed by atoms with Gasteiger partial charge >= 0.3 is 0 Å². The van der Waals surface area contributed by atoms with E-state index in [-0.39, 0.29) is 17.3 Å². The highest BCUT2D eigenvalue weighted by Gasteiger charge is 2.27. The number of ether oxygens (including phenoxy) is 1. The molecule has 0 aromatic heterocycles. The second kappa shape index (κ2) is 12.8. The number of carbonyl (C=O) groups excluding carboxylic acids is 1. The fourth-order valence-electron chi connectivity index (χ4n) is 4.17. The molecule has 0 bridgehead atoms. The van der Waals surface area contributed by atoms with E-state index in [2.05, 4.69) is 5.32 Å². The Bertz CT molecular complexity index is 1200. The zero-order valence-electron chi connectivity index (χ0n) is 20.2. The number of carbonyl (C=O) groups is 1. The number of sulfonamides is 1. The third-order valence-electron chi connectivity index (χ3n) is 6.05. The summed E-state index contributed by atoms with van der Waals surface area (Å²) in [4.78, 5) is 12.9. The minimum atomic E-state index is -3.94. The first-order valence-corrected chi connectivity index (χ1v) is 14.8. The molecule has 3 aromatic rings. The van der Waals surface area contributed by atoms with E-state index in [0.29, 0.717) is 29.0 Å². The fourth-order valence-corrected chi connectivity index (χ4v) is 6.84. The molecule has 0 radical (unpaired) electrons. The fraction of sp³-hybridized carbons (Fsp3) is 0.321. The molecule has 1 aliphatic carbocycles. The molecular formula is C28H32N2O4S2. The van der Waals surface area contributed by atoms with E-state index >= 15 is 0 Å². The molecule has 0 atom stereocenters. The lowest BCUT2D eigenvalue weighted by atomic mass is 10.0. The number of thioether (sulfide) groups is 1. The highest BCUT2D eigenvalue weighted by molar-refractivity contribution is 7.99. The van der Waals surface area contributed by atoms with Crippen LogP contribution in [0.1, 0.15) is 32.1 Å². The Labute approximate surface area is 218 Å². The van der Waals surface area contributed by atoms with Gasteiger partial charge in [-0.3, -0.25) is 9.10 Å². The quantitative estimate of drug-likeness (QED) is 0.318. The zero-order valence-corrected chi connectivity index (χ0v) is 21.8. The number of para-hydroxylation sites is 1. The molecule has 3 aromatic carbocycles. The second-order valence-corrected chi connectivity index (χ2v) is 12.0. The van der Waals surface area contributed by atoms with Gasteiger partial charge in [-0.15, -0.1) is 0 Å². The van der Waals surface area contributed by atoms with Crippen molar-refractivity contribution in [1.82, 2.24) is 5.32 Å². The van der Waals surface area contributed by atoms with Crippen molar-refractivity contribution in [2.24, 2.45) is 0 Å². The smallest absolute Gasteiger partial charge is 0.264 e. The van der Waals surface area contributed by atoms with Crippen molar-refractivity contribution in [3.8, 4) is 11.5 Å². The van der Waals surface area contributed by atoms with Gasteiger partial charge in [0, 0.05) is 17.5 Å². The topological polar surface area (TPSA) is 75.7 Å². The Morgan fingerprint density at radius 1 is 0.861 bits per heavy atom. The van der Waals surface area contributed by atoms with Crippen LogP contribution in [0, 0.1) is 0 Å². The van der Waals surface area contributed by atoms with Crippen molar-refractivity contribution in [3.63, 3.8) is 0 Å². The van der Waals surface area contributed by atoms with Crippen LogP contribution in [0.5, 0.6) is 11.5 Å². The zero-order chi connectivity index (χ0) is 25.2. The van der Waals surface area contributed by atoms with Gasteiger partial charge in [-0.2, -0.15) is 11.8 Å². The van der Waals surface area contributed by atoms with Crippen LogP contribution in [0.25, 0.3) is 0 Å². The van der Waals surface area contributed by atoms with Crippen LogP contribution < -0.4 is 14.4 Å². The summed E-state index contributed by atoms with van der Waals surface area (Å²) < 4.78 is 34.0. The lowest BCUT2D eigenvalue weighted by Gasteiger charge is -2.24. The van der Waals surface area contributed by atoms with Gasteiger partial charge in [-0.25, -0.2) is 8.42 Å². The number of nitrogens with one attached hydrogen (secondary N) is 1. The van der Waals surface area contributed by atoms with Gasteiger partial charge in [0.25, 0.3) is 10.0 Å². The van der Waals surface area contributed by atoms with E-state index in [1.165, 1.54) is 44.2 Å². The SMILES string of the molecule is O=C(CN(c1ccc(Oc2ccccc2)cc1)S(=O)(=O)c1ccccc1)NCCSC1CCCCC1. The molecule has 1 aliphatic rings. The van der Waals surface area contributed by atoms with E-state index in [1.54, 1.807) is 42.5 Å². The molecular weight excluding hydrogens is 492 g/mol. The number of hydrogen-bond donors (Lipinski definition) is 1. The Hall–Kier alpha value is -2.97. The summed E-state index contributed by atoms with van der Waals surface area (Å²) in [6, 6.07) is 24.2. The molecule has 6 nitrogen and oxygen atoms in total. The molecule has 190 valence electrons. The Balaban J connectivity index is 1.44. The third kappa shape index (κ3) is 7.27. The maximum atomic E-state index is 13.5. The van der Waals surface area contributed by atoms with Crippen LogP contribution in [0.15, 0.2) is 89.8 Å². The van der Waals surface area contributed by atoms with Gasteiger partial charge in [0.2, 0.25) is 5.91 Å². The maximum Gasteiger partial charge on any atom is 0.264 e. The van der Waals surface area contributed by atoms with Crippen molar-refractivity contribution in [1.29, 1.82) is 0 Å². The van der Waals surface area contributed by atoms with E-state index in [1.807, 2.05) is 42.1 Å². The molecule has 4 rings (SSSR count). The third-order valence-corrected chi connectivity index (χ3v) is 9.22. The Kier molecular flexibility index (Phi) is 9.30. The molecule has 0 unspecified atom stereocenters. The summed E-state index contributed by atoms with van der Waals surface area (Å²) in [5, 5.41) is 3.57. The normalized spacial score (nSPS) is 14.2. The summed E-state index contributed by atoms with van der Waals surface area (Å²) in [7, 11) is -3.94. The molecule has 36 heavy (non-hydrogen) atoms. The maximum absolute atomic E-state index is 13.5. The van der Waals surface area contributed by atoms with Gasteiger partial charge in [0.15, 0.2) is 0 Å². The lowest BCUT2D eigenvalue weighted by molar-refractivity contribution is -0.119. The average Bonchev–Trinajstić information content (AvgIpc) is 2.92. The standard InChI is InChI=1S/C28H32N2O4S2/c31-28(29-20-21-35-26-12-6-2-7-13-26)22-30(36(32,33)27-14-8-3-9-15-27)23-16-18-25(19-17-23)34-24-10-4-1-5-11-24/h1,3-5,8-11,14-19,26H,2,6-7,12-13,20-22H2,(H,29,31). The molecule has 0 spiro atoms. The molecule has 0 aliphatic heterocycles.